The van der Waals surface area contributed by atoms with Crippen LogP contribution in [0.4, 0.5) is 10.2 Å². The number of rotatable bonds is 4. The lowest BCUT2D eigenvalue weighted by molar-refractivity contribution is 0.102. The van der Waals surface area contributed by atoms with Crippen molar-refractivity contribution in [2.45, 2.75) is 0 Å². The minimum atomic E-state index is -0.576. The van der Waals surface area contributed by atoms with Crippen LogP contribution in [0.1, 0.15) is 15.9 Å². The van der Waals surface area contributed by atoms with Crippen LogP contribution in [-0.2, 0) is 0 Å². The molecule has 1 aromatic carbocycles. The van der Waals surface area contributed by atoms with Gasteiger partial charge in [-0.05, 0) is 18.2 Å². The van der Waals surface area contributed by atoms with E-state index in [1.165, 1.54) is 25.4 Å². The van der Waals surface area contributed by atoms with E-state index in [1.807, 2.05) is 0 Å². The molecular formula is C12H12FN5O3. The van der Waals surface area contributed by atoms with E-state index < -0.39 is 11.7 Å². The van der Waals surface area contributed by atoms with E-state index in [0.29, 0.717) is 0 Å². The van der Waals surface area contributed by atoms with E-state index in [-0.39, 0.29) is 28.5 Å². The number of hydrogen-bond acceptors (Lipinski definition) is 5. The minimum Gasteiger partial charge on any atom is -0.494 e. The quantitative estimate of drug-likeness (QED) is 0.288. The molecule has 0 saturated carbocycles. The van der Waals surface area contributed by atoms with Gasteiger partial charge in [-0.2, -0.15) is 5.10 Å². The van der Waals surface area contributed by atoms with E-state index in [4.69, 9.17) is 15.7 Å². The number of methoxy groups -OCH3 is 1. The van der Waals surface area contributed by atoms with Gasteiger partial charge >= 0.3 is 0 Å². The van der Waals surface area contributed by atoms with Gasteiger partial charge in [0.15, 0.2) is 17.4 Å². The summed E-state index contributed by atoms with van der Waals surface area (Å²) >= 11 is 0. The van der Waals surface area contributed by atoms with Crippen molar-refractivity contribution in [1.29, 1.82) is 0 Å². The highest BCUT2D eigenvalue weighted by Gasteiger charge is 2.15. The molecule has 0 fully saturated rings. The maximum absolute atomic E-state index is 13.3. The highest BCUT2D eigenvalue weighted by Crippen LogP contribution is 2.19. The van der Waals surface area contributed by atoms with Crippen LogP contribution in [0.15, 0.2) is 29.6 Å². The van der Waals surface area contributed by atoms with E-state index in [1.54, 1.807) is 0 Å². The average molecular weight is 293 g/mol. The summed E-state index contributed by atoms with van der Waals surface area (Å²) in [6, 6.07) is 3.67. The topological polar surface area (TPSA) is 126 Å². The number of amides is 1. The number of nitrogens with zero attached hydrogens (tertiary/aromatic N) is 2. The number of halogens is 1. The van der Waals surface area contributed by atoms with Gasteiger partial charge in [-0.1, -0.05) is 5.16 Å². The molecule has 0 atom stereocenters. The number of nitrogens with two attached hydrogens (primary N) is 1. The number of hydrogen-bond donors (Lipinski definition) is 4. The third-order valence-electron chi connectivity index (χ3n) is 2.67. The van der Waals surface area contributed by atoms with E-state index in [0.717, 1.165) is 6.07 Å². The average Bonchev–Trinajstić information content (AvgIpc) is 2.94. The van der Waals surface area contributed by atoms with Gasteiger partial charge in [0.2, 0.25) is 0 Å². The SMILES string of the molecule is COc1cc(C(=O)Nc2[nH]ncc2/C(N)=N/O)ccc1F. The van der Waals surface area contributed by atoms with Crippen molar-refractivity contribution in [3.05, 3.63) is 41.3 Å². The zero-order valence-electron chi connectivity index (χ0n) is 10.9. The molecule has 2 aromatic rings. The van der Waals surface area contributed by atoms with Crippen LogP contribution in [0.2, 0.25) is 0 Å². The number of ether oxygens (including phenoxy) is 1. The first-order valence-corrected chi connectivity index (χ1v) is 5.73. The Hall–Kier alpha value is -3.10. The summed E-state index contributed by atoms with van der Waals surface area (Å²) in [7, 11) is 1.30. The van der Waals surface area contributed by atoms with Crippen LogP contribution >= 0.6 is 0 Å². The first-order valence-electron chi connectivity index (χ1n) is 5.73. The van der Waals surface area contributed by atoms with Gasteiger partial charge in [-0.25, -0.2) is 4.39 Å². The summed E-state index contributed by atoms with van der Waals surface area (Å²) in [4.78, 5) is 12.1. The summed E-state index contributed by atoms with van der Waals surface area (Å²) in [5.74, 6) is -1.23. The molecule has 1 aromatic heterocycles. The second-order valence-corrected chi connectivity index (χ2v) is 3.95. The second-order valence-electron chi connectivity index (χ2n) is 3.95. The van der Waals surface area contributed by atoms with Crippen molar-refractivity contribution in [3.63, 3.8) is 0 Å². The van der Waals surface area contributed by atoms with Gasteiger partial charge in [0, 0.05) is 5.56 Å². The zero-order chi connectivity index (χ0) is 15.4. The summed E-state index contributed by atoms with van der Waals surface area (Å²) in [5, 5.41) is 20.1. The lowest BCUT2D eigenvalue weighted by Gasteiger charge is -2.07. The van der Waals surface area contributed by atoms with Gasteiger partial charge in [-0.3, -0.25) is 9.89 Å². The van der Waals surface area contributed by atoms with Crippen LogP contribution < -0.4 is 15.8 Å². The van der Waals surface area contributed by atoms with Crippen LogP contribution in [0.25, 0.3) is 0 Å². The van der Waals surface area contributed by atoms with E-state index in [9.17, 15) is 9.18 Å². The molecule has 5 N–H and O–H groups in total. The molecule has 9 heteroatoms. The van der Waals surface area contributed by atoms with Gasteiger partial charge in [0.25, 0.3) is 5.91 Å². The lowest BCUT2D eigenvalue weighted by Crippen LogP contribution is -2.18. The molecule has 0 saturated heterocycles. The smallest absolute Gasteiger partial charge is 0.256 e. The Balaban J connectivity index is 2.25. The van der Waals surface area contributed by atoms with Gasteiger partial charge < -0.3 is 21.0 Å². The van der Waals surface area contributed by atoms with Crippen molar-refractivity contribution in [3.8, 4) is 5.75 Å². The Morgan fingerprint density at radius 2 is 2.33 bits per heavy atom. The van der Waals surface area contributed by atoms with Crippen LogP contribution in [0, 0.1) is 5.82 Å². The zero-order valence-corrected chi connectivity index (χ0v) is 10.9. The largest absolute Gasteiger partial charge is 0.494 e. The molecule has 110 valence electrons. The molecule has 0 aliphatic heterocycles. The third-order valence-corrected chi connectivity index (χ3v) is 2.67. The second kappa shape index (κ2) is 5.90. The molecule has 8 nitrogen and oxygen atoms in total. The van der Waals surface area contributed by atoms with Crippen LogP contribution in [0.5, 0.6) is 5.75 Å². The van der Waals surface area contributed by atoms with Crippen LogP contribution in [0.3, 0.4) is 0 Å². The summed E-state index contributed by atoms with van der Waals surface area (Å²) < 4.78 is 18.1. The molecule has 0 aliphatic rings. The molecule has 21 heavy (non-hydrogen) atoms. The predicted molar refractivity (Wildman–Crippen MR) is 72.0 cm³/mol. The number of carbonyl (C=O) groups excluding carboxylic acids is 1. The number of H-pyrrole nitrogens is 1. The van der Waals surface area contributed by atoms with Crippen LogP contribution in [-0.4, -0.2) is 34.3 Å². The number of anilines is 1. The predicted octanol–water partition coefficient (Wildman–Crippen LogP) is 0.904. The Kier molecular flexibility index (Phi) is 4.02. The van der Waals surface area contributed by atoms with Crippen molar-refractivity contribution in [2.24, 2.45) is 10.9 Å². The number of aromatic nitrogens is 2. The monoisotopic (exact) mass is 293 g/mol. The Morgan fingerprint density at radius 3 is 3.00 bits per heavy atom. The molecule has 0 aliphatic carbocycles. The summed E-state index contributed by atoms with van der Waals surface area (Å²) in [5.41, 5.74) is 5.84. The Labute approximate surface area is 118 Å². The highest BCUT2D eigenvalue weighted by molar-refractivity contribution is 6.09. The fourth-order valence-electron chi connectivity index (χ4n) is 1.62. The van der Waals surface area contributed by atoms with Crippen molar-refractivity contribution < 1.29 is 19.1 Å². The maximum atomic E-state index is 13.3. The van der Waals surface area contributed by atoms with E-state index >= 15 is 0 Å². The fourth-order valence-corrected chi connectivity index (χ4v) is 1.62. The third kappa shape index (κ3) is 2.91. The summed E-state index contributed by atoms with van der Waals surface area (Å²) in [6.45, 7) is 0. The standard InChI is InChI=1S/C12H12FN5O3/c1-21-9-4-6(2-3-8(9)13)12(19)16-11-7(5-15-17-11)10(14)18-20/h2-5,20H,1H3,(H2,14,18)(H2,15,16,17,19). The Bertz CT molecular complexity index is 698. The van der Waals surface area contributed by atoms with Crippen molar-refractivity contribution in [2.75, 3.05) is 12.4 Å². The number of benzene rings is 1. The molecule has 0 bridgehead atoms. The van der Waals surface area contributed by atoms with Gasteiger partial charge in [0.1, 0.15) is 5.82 Å². The number of amidine groups is 1. The fraction of sp³-hybridized carbons (Fsp3) is 0.0833. The summed E-state index contributed by atoms with van der Waals surface area (Å²) in [6.07, 6.45) is 1.29. The number of aromatic amines is 1. The molecule has 1 amide bonds. The van der Waals surface area contributed by atoms with Gasteiger partial charge in [-0.15, -0.1) is 0 Å². The molecule has 0 unspecified atom stereocenters. The Morgan fingerprint density at radius 1 is 1.57 bits per heavy atom. The normalized spacial score (nSPS) is 11.2. The molecule has 0 radical (unpaired) electrons. The molecule has 0 spiro atoms. The molecule has 2 rings (SSSR count). The number of nitrogens with one attached hydrogen (secondary N) is 2. The maximum Gasteiger partial charge on any atom is 0.256 e. The lowest BCUT2D eigenvalue weighted by atomic mass is 10.2. The minimum absolute atomic E-state index is 0.0519. The van der Waals surface area contributed by atoms with E-state index in [2.05, 4.69) is 20.7 Å². The van der Waals surface area contributed by atoms with Gasteiger partial charge in [0.05, 0.1) is 18.9 Å². The van der Waals surface area contributed by atoms with Crippen molar-refractivity contribution in [1.82, 2.24) is 10.2 Å². The first-order chi connectivity index (χ1) is 10.1. The first kappa shape index (κ1) is 14.3. The highest BCUT2D eigenvalue weighted by atomic mass is 19.1. The van der Waals surface area contributed by atoms with Crippen molar-refractivity contribution >= 4 is 17.6 Å². The number of carbonyl (C=O) groups is 1. The molecular weight excluding hydrogens is 281 g/mol. The molecule has 1 heterocycles. The number of oxime groups is 1.